The van der Waals surface area contributed by atoms with Gasteiger partial charge in [-0.05, 0) is 35.0 Å². The summed E-state index contributed by atoms with van der Waals surface area (Å²) in [6.07, 6.45) is 1.55. The molecule has 5 nitrogen and oxygen atoms in total. The third-order valence-electron chi connectivity index (χ3n) is 2.03. The molecule has 7 heteroatoms. The first-order valence-corrected chi connectivity index (χ1v) is 6.55. The second-order valence-corrected chi connectivity index (χ2v) is 5.09. The Kier molecular flexibility index (Phi) is 6.07. The quantitative estimate of drug-likeness (QED) is 0.630. The van der Waals surface area contributed by atoms with Crippen molar-refractivity contribution >= 4 is 39.3 Å². The molecule has 0 aromatic carbocycles. The number of carbonyl (C=O) groups is 2. The van der Waals surface area contributed by atoms with Crippen molar-refractivity contribution in [1.82, 2.24) is 15.6 Å². The summed E-state index contributed by atoms with van der Waals surface area (Å²) in [5.41, 5.74) is 0.329. The van der Waals surface area contributed by atoms with E-state index in [0.717, 1.165) is 4.47 Å². The zero-order valence-electron chi connectivity index (χ0n) is 9.74. The number of halogens is 2. The van der Waals surface area contributed by atoms with Gasteiger partial charge in [-0.3, -0.25) is 9.59 Å². The molecule has 0 aliphatic carbocycles. The Morgan fingerprint density at radius 1 is 1.39 bits per heavy atom. The van der Waals surface area contributed by atoms with Crippen molar-refractivity contribution in [2.45, 2.75) is 12.3 Å². The SMILES string of the molecule is CC(Cl)C(=O)NCCNC(=O)c1ccc(Br)cn1. The minimum absolute atomic E-state index is 0.257. The van der Waals surface area contributed by atoms with Gasteiger partial charge in [0.15, 0.2) is 0 Å². The van der Waals surface area contributed by atoms with Crippen LogP contribution in [0.3, 0.4) is 0 Å². The van der Waals surface area contributed by atoms with Crippen molar-refractivity contribution in [3.63, 3.8) is 0 Å². The zero-order chi connectivity index (χ0) is 13.5. The molecule has 0 aliphatic heterocycles. The summed E-state index contributed by atoms with van der Waals surface area (Å²) in [4.78, 5) is 26.7. The molecule has 2 N–H and O–H groups in total. The molecule has 1 unspecified atom stereocenters. The molecule has 1 heterocycles. The maximum atomic E-state index is 11.6. The lowest BCUT2D eigenvalue weighted by Gasteiger charge is -2.07. The summed E-state index contributed by atoms with van der Waals surface area (Å²) in [7, 11) is 0. The number of nitrogens with one attached hydrogen (secondary N) is 2. The van der Waals surface area contributed by atoms with Crippen LogP contribution < -0.4 is 10.6 Å². The minimum Gasteiger partial charge on any atom is -0.353 e. The lowest BCUT2D eigenvalue weighted by Crippen LogP contribution is -2.37. The van der Waals surface area contributed by atoms with Crippen LogP contribution >= 0.6 is 27.5 Å². The molecule has 1 aromatic heterocycles. The number of rotatable bonds is 5. The number of hydrogen-bond acceptors (Lipinski definition) is 3. The van der Waals surface area contributed by atoms with E-state index in [-0.39, 0.29) is 11.8 Å². The number of hydrogen-bond donors (Lipinski definition) is 2. The Morgan fingerprint density at radius 3 is 2.61 bits per heavy atom. The summed E-state index contributed by atoms with van der Waals surface area (Å²) in [5, 5.41) is 4.65. The molecule has 0 spiro atoms. The summed E-state index contributed by atoms with van der Waals surface area (Å²) in [6.45, 7) is 2.24. The van der Waals surface area contributed by atoms with Crippen molar-refractivity contribution in [3.8, 4) is 0 Å². The number of pyridine rings is 1. The highest BCUT2D eigenvalue weighted by molar-refractivity contribution is 9.10. The number of carbonyl (C=O) groups excluding carboxylic acids is 2. The molecule has 0 fully saturated rings. The molecule has 1 rings (SSSR count). The van der Waals surface area contributed by atoms with Crippen molar-refractivity contribution in [1.29, 1.82) is 0 Å². The van der Waals surface area contributed by atoms with E-state index >= 15 is 0 Å². The van der Waals surface area contributed by atoms with Crippen LogP contribution in [-0.4, -0.2) is 35.3 Å². The van der Waals surface area contributed by atoms with Crippen LogP contribution in [0.5, 0.6) is 0 Å². The highest BCUT2D eigenvalue weighted by atomic mass is 79.9. The van der Waals surface area contributed by atoms with Gasteiger partial charge < -0.3 is 10.6 Å². The molecule has 2 amide bonds. The molecular weight excluding hydrogens is 321 g/mol. The average Bonchev–Trinajstić information content (AvgIpc) is 2.34. The smallest absolute Gasteiger partial charge is 0.269 e. The van der Waals surface area contributed by atoms with Crippen molar-refractivity contribution in [3.05, 3.63) is 28.5 Å². The van der Waals surface area contributed by atoms with Gasteiger partial charge in [-0.25, -0.2) is 4.98 Å². The first-order chi connectivity index (χ1) is 8.50. The summed E-state index contributed by atoms with van der Waals surface area (Å²) in [6, 6.07) is 3.34. The van der Waals surface area contributed by atoms with E-state index in [4.69, 9.17) is 11.6 Å². The zero-order valence-corrected chi connectivity index (χ0v) is 12.1. The van der Waals surface area contributed by atoms with E-state index in [0.29, 0.717) is 18.8 Å². The summed E-state index contributed by atoms with van der Waals surface area (Å²) >= 11 is 8.80. The Balaban J connectivity index is 2.29. The summed E-state index contributed by atoms with van der Waals surface area (Å²) in [5.74, 6) is -0.539. The Hall–Kier alpha value is -1.14. The maximum absolute atomic E-state index is 11.6. The van der Waals surface area contributed by atoms with Crippen molar-refractivity contribution < 1.29 is 9.59 Å². The molecule has 98 valence electrons. The maximum Gasteiger partial charge on any atom is 0.269 e. The van der Waals surface area contributed by atoms with Gasteiger partial charge in [0.2, 0.25) is 5.91 Å². The largest absolute Gasteiger partial charge is 0.353 e. The van der Waals surface area contributed by atoms with E-state index in [2.05, 4.69) is 31.5 Å². The molecule has 1 aromatic rings. The molecular formula is C11H13BrClN3O2. The Labute approximate surface area is 118 Å². The van der Waals surface area contributed by atoms with Gasteiger partial charge >= 0.3 is 0 Å². The third-order valence-corrected chi connectivity index (χ3v) is 2.70. The predicted octanol–water partition coefficient (Wildman–Crippen LogP) is 1.32. The normalized spacial score (nSPS) is 11.7. The van der Waals surface area contributed by atoms with Crippen LogP contribution in [0, 0.1) is 0 Å². The van der Waals surface area contributed by atoms with Crippen LogP contribution in [0.4, 0.5) is 0 Å². The number of aromatic nitrogens is 1. The lowest BCUT2D eigenvalue weighted by atomic mass is 10.3. The highest BCUT2D eigenvalue weighted by Crippen LogP contribution is 2.06. The van der Waals surface area contributed by atoms with Crippen LogP contribution in [0.25, 0.3) is 0 Å². The lowest BCUT2D eigenvalue weighted by molar-refractivity contribution is -0.120. The monoisotopic (exact) mass is 333 g/mol. The van der Waals surface area contributed by atoms with Gasteiger partial charge in [0, 0.05) is 23.8 Å². The molecule has 0 bridgehead atoms. The number of alkyl halides is 1. The van der Waals surface area contributed by atoms with Crippen LogP contribution in [0.15, 0.2) is 22.8 Å². The van der Waals surface area contributed by atoms with Crippen LogP contribution in [-0.2, 0) is 4.79 Å². The van der Waals surface area contributed by atoms with Gasteiger partial charge in [-0.15, -0.1) is 11.6 Å². The van der Waals surface area contributed by atoms with E-state index in [1.54, 1.807) is 25.3 Å². The van der Waals surface area contributed by atoms with Gasteiger partial charge in [-0.1, -0.05) is 0 Å². The van der Waals surface area contributed by atoms with E-state index in [9.17, 15) is 9.59 Å². The predicted molar refractivity (Wildman–Crippen MR) is 72.6 cm³/mol. The van der Waals surface area contributed by atoms with Crippen molar-refractivity contribution in [2.75, 3.05) is 13.1 Å². The fourth-order valence-electron chi connectivity index (χ4n) is 1.10. The second kappa shape index (κ2) is 7.33. The molecule has 0 saturated heterocycles. The van der Waals surface area contributed by atoms with Crippen molar-refractivity contribution in [2.24, 2.45) is 0 Å². The standard InChI is InChI=1S/C11H13BrClN3O2/c1-7(13)10(17)14-4-5-15-11(18)9-3-2-8(12)6-16-9/h2-3,6-7H,4-5H2,1H3,(H,14,17)(H,15,18). The fourth-order valence-corrected chi connectivity index (χ4v) is 1.41. The molecule has 0 aliphatic rings. The molecule has 0 radical (unpaired) electrons. The van der Waals surface area contributed by atoms with Gasteiger partial charge in [-0.2, -0.15) is 0 Å². The first-order valence-electron chi connectivity index (χ1n) is 5.32. The second-order valence-electron chi connectivity index (χ2n) is 3.52. The molecule has 0 saturated carbocycles. The van der Waals surface area contributed by atoms with Crippen LogP contribution in [0.1, 0.15) is 17.4 Å². The van der Waals surface area contributed by atoms with E-state index in [1.165, 1.54) is 0 Å². The van der Waals surface area contributed by atoms with Gasteiger partial charge in [0.25, 0.3) is 5.91 Å². The Morgan fingerprint density at radius 2 is 2.06 bits per heavy atom. The number of amides is 2. The first kappa shape index (κ1) is 14.9. The van der Waals surface area contributed by atoms with E-state index < -0.39 is 5.38 Å². The minimum atomic E-state index is -0.575. The van der Waals surface area contributed by atoms with Gasteiger partial charge in [0.05, 0.1) is 0 Å². The fraction of sp³-hybridized carbons (Fsp3) is 0.364. The highest BCUT2D eigenvalue weighted by Gasteiger charge is 2.09. The van der Waals surface area contributed by atoms with E-state index in [1.807, 2.05) is 0 Å². The Bertz CT molecular complexity index is 423. The third kappa shape index (κ3) is 5.01. The number of nitrogens with zero attached hydrogens (tertiary/aromatic N) is 1. The topological polar surface area (TPSA) is 71.1 Å². The van der Waals surface area contributed by atoms with Gasteiger partial charge in [0.1, 0.15) is 11.1 Å². The molecule has 1 atom stereocenters. The summed E-state index contributed by atoms with van der Waals surface area (Å²) < 4.78 is 0.808. The van der Waals surface area contributed by atoms with Crippen LogP contribution in [0.2, 0.25) is 0 Å². The average molecular weight is 335 g/mol. The molecule has 18 heavy (non-hydrogen) atoms.